The average molecular weight is 395 g/mol. The van der Waals surface area contributed by atoms with Gasteiger partial charge in [0.1, 0.15) is 16.3 Å². The first kappa shape index (κ1) is 19.1. The number of nitrogen functional groups attached to an aromatic ring is 1. The third kappa shape index (κ3) is 2.91. The minimum Gasteiger partial charge on any atom is -0.495 e. The van der Waals surface area contributed by atoms with E-state index in [0.717, 1.165) is 0 Å². The maximum Gasteiger partial charge on any atom is 0.188 e. The summed E-state index contributed by atoms with van der Waals surface area (Å²) in [5, 5.41) is 0. The number of sulfone groups is 1. The van der Waals surface area contributed by atoms with Gasteiger partial charge < -0.3 is 10.5 Å². The lowest BCUT2D eigenvalue weighted by Gasteiger charge is -2.21. The summed E-state index contributed by atoms with van der Waals surface area (Å²) < 4.78 is 59.7. The lowest BCUT2D eigenvalue weighted by molar-refractivity contribution is 0.401. The van der Waals surface area contributed by atoms with Gasteiger partial charge in [-0.15, -0.1) is 0 Å². The number of rotatable bonds is 3. The van der Waals surface area contributed by atoms with Crippen molar-refractivity contribution in [3.63, 3.8) is 0 Å². The van der Waals surface area contributed by atoms with Crippen molar-refractivity contribution in [3.05, 3.63) is 42.2 Å². The maximum atomic E-state index is 14.4. The fourth-order valence-corrected chi connectivity index (χ4v) is 3.95. The van der Waals surface area contributed by atoms with Gasteiger partial charge in [-0.05, 0) is 32.9 Å². The summed E-state index contributed by atoms with van der Waals surface area (Å²) in [4.78, 5) is 4.08. The second-order valence-corrected chi connectivity index (χ2v) is 9.70. The number of anilines is 1. The number of hydrogen-bond donors (Lipinski definition) is 1. The lowest BCUT2D eigenvalue weighted by atomic mass is 10.1. The Morgan fingerprint density at radius 3 is 2.44 bits per heavy atom. The molecule has 144 valence electrons. The average Bonchev–Trinajstić information content (AvgIpc) is 3.00. The van der Waals surface area contributed by atoms with Crippen molar-refractivity contribution in [2.45, 2.75) is 30.4 Å². The molecule has 9 heteroatoms. The Bertz CT molecular complexity index is 1150. The zero-order chi connectivity index (χ0) is 20.1. The van der Waals surface area contributed by atoms with E-state index in [0.29, 0.717) is 5.65 Å². The summed E-state index contributed by atoms with van der Waals surface area (Å²) in [6.45, 7) is 4.70. The minimum atomic E-state index is -3.77. The Morgan fingerprint density at radius 2 is 1.85 bits per heavy atom. The molecule has 2 N–H and O–H groups in total. The van der Waals surface area contributed by atoms with E-state index in [-0.39, 0.29) is 27.6 Å². The van der Waals surface area contributed by atoms with Crippen LogP contribution in [0.1, 0.15) is 20.8 Å². The number of aromatic nitrogens is 2. The molecule has 0 saturated heterocycles. The zero-order valence-corrected chi connectivity index (χ0v) is 16.1. The Balaban J connectivity index is 2.34. The first-order valence-electron chi connectivity index (χ1n) is 8.02. The third-order valence-corrected chi connectivity index (χ3v) is 6.78. The van der Waals surface area contributed by atoms with E-state index >= 15 is 0 Å². The minimum absolute atomic E-state index is 0.0689. The number of methoxy groups -OCH3 is 1. The van der Waals surface area contributed by atoms with Crippen LogP contribution < -0.4 is 10.5 Å². The first-order chi connectivity index (χ1) is 12.5. The molecule has 0 spiro atoms. The summed E-state index contributed by atoms with van der Waals surface area (Å²) in [6, 6.07) is 4.00. The summed E-state index contributed by atoms with van der Waals surface area (Å²) in [7, 11) is -2.42. The largest absolute Gasteiger partial charge is 0.495 e. The molecule has 2 heterocycles. The number of imidazole rings is 1. The molecule has 1 aromatic carbocycles. The van der Waals surface area contributed by atoms with Crippen LogP contribution in [0.25, 0.3) is 16.9 Å². The molecule has 0 atom stereocenters. The second-order valence-electron chi connectivity index (χ2n) is 7.02. The standard InChI is InChI=1S/C18H19F2N3O3S/c1-18(2,3)27(24,25)14-9-23-12(8-22-15(23)7-13(14)26-4)10-5-6-11(21)17(20)16(10)19/h5-9H,21H2,1-4H3. The highest BCUT2D eigenvalue weighted by atomic mass is 32.2. The molecule has 0 amide bonds. The monoisotopic (exact) mass is 395 g/mol. The van der Waals surface area contributed by atoms with Crippen LogP contribution >= 0.6 is 0 Å². The van der Waals surface area contributed by atoms with Crippen LogP contribution in [0.5, 0.6) is 5.75 Å². The lowest BCUT2D eigenvalue weighted by Crippen LogP contribution is -2.28. The van der Waals surface area contributed by atoms with Gasteiger partial charge in [-0.1, -0.05) is 0 Å². The Kier molecular flexibility index (Phi) is 4.38. The molecule has 0 aliphatic heterocycles. The van der Waals surface area contributed by atoms with Crippen LogP contribution in [-0.2, 0) is 9.84 Å². The normalized spacial score (nSPS) is 12.5. The molecule has 0 bridgehead atoms. The second kappa shape index (κ2) is 6.19. The number of benzene rings is 1. The van der Waals surface area contributed by atoms with E-state index in [9.17, 15) is 17.2 Å². The van der Waals surface area contributed by atoms with Crippen molar-refractivity contribution in [2.24, 2.45) is 0 Å². The van der Waals surface area contributed by atoms with E-state index < -0.39 is 26.2 Å². The van der Waals surface area contributed by atoms with Gasteiger partial charge in [0.15, 0.2) is 21.5 Å². The van der Waals surface area contributed by atoms with Gasteiger partial charge in [0.2, 0.25) is 0 Å². The molecule has 0 aliphatic rings. The molecule has 0 aliphatic carbocycles. The topological polar surface area (TPSA) is 86.7 Å². The third-order valence-electron chi connectivity index (χ3n) is 4.28. The SMILES string of the molecule is COc1cc2ncc(-c3ccc(N)c(F)c3F)n2cc1S(=O)(=O)C(C)(C)C. The Hall–Kier alpha value is -2.68. The van der Waals surface area contributed by atoms with Gasteiger partial charge in [0, 0.05) is 17.8 Å². The fraction of sp³-hybridized carbons (Fsp3) is 0.278. The zero-order valence-electron chi connectivity index (χ0n) is 15.2. The summed E-state index contributed by atoms with van der Waals surface area (Å²) >= 11 is 0. The smallest absolute Gasteiger partial charge is 0.188 e. The highest BCUT2D eigenvalue weighted by molar-refractivity contribution is 7.92. The number of nitrogens with two attached hydrogens (primary N) is 1. The van der Waals surface area contributed by atoms with Crippen molar-refractivity contribution in [3.8, 4) is 17.0 Å². The molecule has 27 heavy (non-hydrogen) atoms. The van der Waals surface area contributed by atoms with Crippen molar-refractivity contribution < 1.29 is 21.9 Å². The molecular weight excluding hydrogens is 376 g/mol. The van der Waals surface area contributed by atoms with E-state index in [1.54, 1.807) is 20.8 Å². The predicted molar refractivity (Wildman–Crippen MR) is 98.4 cm³/mol. The van der Waals surface area contributed by atoms with E-state index in [4.69, 9.17) is 10.5 Å². The molecule has 6 nitrogen and oxygen atoms in total. The first-order valence-corrected chi connectivity index (χ1v) is 9.51. The van der Waals surface area contributed by atoms with E-state index in [1.165, 1.54) is 42.1 Å². The fourth-order valence-electron chi connectivity index (χ4n) is 2.64. The number of halogens is 2. The van der Waals surface area contributed by atoms with Gasteiger partial charge >= 0.3 is 0 Å². The quantitative estimate of drug-likeness (QED) is 0.687. The highest BCUT2D eigenvalue weighted by Gasteiger charge is 2.34. The molecule has 3 aromatic rings. The number of nitrogens with zero attached hydrogens (tertiary/aromatic N) is 2. The molecule has 0 unspecified atom stereocenters. The van der Waals surface area contributed by atoms with E-state index in [1.807, 2.05) is 0 Å². The number of fused-ring (bicyclic) bond motifs is 1. The van der Waals surface area contributed by atoms with Crippen molar-refractivity contribution in [1.29, 1.82) is 0 Å². The van der Waals surface area contributed by atoms with Crippen LogP contribution in [0.2, 0.25) is 0 Å². The van der Waals surface area contributed by atoms with Crippen LogP contribution in [0.15, 0.2) is 35.5 Å². The van der Waals surface area contributed by atoms with Crippen molar-refractivity contribution in [2.75, 3.05) is 12.8 Å². The molecule has 3 rings (SSSR count). The number of pyridine rings is 1. The van der Waals surface area contributed by atoms with Gasteiger partial charge in [-0.25, -0.2) is 22.2 Å². The molecule has 0 fully saturated rings. The summed E-state index contributed by atoms with van der Waals surface area (Å²) in [5.74, 6) is -2.18. The predicted octanol–water partition coefficient (Wildman–Crippen LogP) is 3.44. The Morgan fingerprint density at radius 1 is 1.19 bits per heavy atom. The van der Waals surface area contributed by atoms with Crippen molar-refractivity contribution in [1.82, 2.24) is 9.38 Å². The highest BCUT2D eigenvalue weighted by Crippen LogP contribution is 2.35. The van der Waals surface area contributed by atoms with Crippen LogP contribution in [-0.4, -0.2) is 29.7 Å². The van der Waals surface area contributed by atoms with Gasteiger partial charge in [0.05, 0.1) is 29.4 Å². The summed E-state index contributed by atoms with van der Waals surface area (Å²) in [5.41, 5.74) is 5.50. The van der Waals surface area contributed by atoms with E-state index in [2.05, 4.69) is 4.98 Å². The van der Waals surface area contributed by atoms with Gasteiger partial charge in [-0.3, -0.25) is 4.40 Å². The molecular formula is C18H19F2N3O3S. The van der Waals surface area contributed by atoms with Crippen LogP contribution in [0.4, 0.5) is 14.5 Å². The molecule has 2 aromatic heterocycles. The number of ether oxygens (including phenoxy) is 1. The number of hydrogen-bond acceptors (Lipinski definition) is 5. The van der Waals surface area contributed by atoms with Crippen LogP contribution in [0, 0.1) is 11.6 Å². The summed E-state index contributed by atoms with van der Waals surface area (Å²) in [6.07, 6.45) is 2.64. The maximum absolute atomic E-state index is 14.4. The van der Waals surface area contributed by atoms with Gasteiger partial charge in [0.25, 0.3) is 0 Å². The Labute approximate surface area is 155 Å². The van der Waals surface area contributed by atoms with Crippen LogP contribution in [0.3, 0.4) is 0 Å². The molecule has 0 saturated carbocycles. The van der Waals surface area contributed by atoms with Crippen molar-refractivity contribution >= 4 is 21.2 Å². The van der Waals surface area contributed by atoms with Gasteiger partial charge in [-0.2, -0.15) is 0 Å². The molecule has 0 radical (unpaired) electrons.